The lowest BCUT2D eigenvalue weighted by Crippen LogP contribution is -2.12. The van der Waals surface area contributed by atoms with E-state index >= 15 is 0 Å². The Balaban J connectivity index is 1.57. The molecule has 4 nitrogen and oxygen atoms in total. The summed E-state index contributed by atoms with van der Waals surface area (Å²) in [6.45, 7) is 0.971. The van der Waals surface area contributed by atoms with Crippen LogP contribution >= 0.6 is 15.9 Å². The molecule has 102 valence electrons. The summed E-state index contributed by atoms with van der Waals surface area (Å²) in [6, 6.07) is 3.94. The Morgan fingerprint density at radius 2 is 2.16 bits per heavy atom. The molecule has 19 heavy (non-hydrogen) atoms. The lowest BCUT2D eigenvalue weighted by atomic mass is 9.87. The van der Waals surface area contributed by atoms with E-state index in [2.05, 4.69) is 31.3 Å². The molecule has 1 aliphatic carbocycles. The Labute approximate surface area is 121 Å². The molecule has 1 saturated carbocycles. The maximum Gasteiger partial charge on any atom is 0.243 e. The van der Waals surface area contributed by atoms with Gasteiger partial charge in [0, 0.05) is 12.7 Å². The van der Waals surface area contributed by atoms with Crippen LogP contribution in [0.15, 0.2) is 22.8 Å². The van der Waals surface area contributed by atoms with Crippen molar-refractivity contribution in [2.45, 2.75) is 38.5 Å². The molecule has 1 N–H and O–H groups in total. The number of fused-ring (bicyclic) bond motifs is 1. The number of anilines is 1. The van der Waals surface area contributed by atoms with Gasteiger partial charge in [-0.2, -0.15) is 4.98 Å². The van der Waals surface area contributed by atoms with E-state index in [1.165, 1.54) is 38.5 Å². The zero-order valence-corrected chi connectivity index (χ0v) is 12.6. The van der Waals surface area contributed by atoms with Crippen molar-refractivity contribution in [3.8, 4) is 0 Å². The molecule has 2 aromatic heterocycles. The molecule has 3 rings (SSSR count). The van der Waals surface area contributed by atoms with Gasteiger partial charge in [-0.1, -0.05) is 32.1 Å². The van der Waals surface area contributed by atoms with Gasteiger partial charge in [-0.25, -0.2) is 4.52 Å². The van der Waals surface area contributed by atoms with Gasteiger partial charge in [-0.05, 0) is 40.4 Å². The Kier molecular flexibility index (Phi) is 4.01. The highest BCUT2D eigenvalue weighted by Crippen LogP contribution is 2.26. The molecule has 0 amide bonds. The fourth-order valence-electron chi connectivity index (χ4n) is 2.81. The summed E-state index contributed by atoms with van der Waals surface area (Å²) in [7, 11) is 0. The van der Waals surface area contributed by atoms with Crippen LogP contribution < -0.4 is 5.32 Å². The maximum absolute atomic E-state index is 4.49. The summed E-state index contributed by atoms with van der Waals surface area (Å²) in [6.07, 6.45) is 10.2. The smallest absolute Gasteiger partial charge is 0.243 e. The quantitative estimate of drug-likeness (QED) is 0.928. The number of pyridine rings is 1. The Morgan fingerprint density at radius 3 is 2.95 bits per heavy atom. The zero-order chi connectivity index (χ0) is 13.1. The molecular weight excluding hydrogens is 304 g/mol. The van der Waals surface area contributed by atoms with Crippen LogP contribution in [-0.4, -0.2) is 21.1 Å². The van der Waals surface area contributed by atoms with E-state index in [-0.39, 0.29) is 0 Å². The average molecular weight is 323 g/mol. The molecule has 2 heterocycles. The van der Waals surface area contributed by atoms with Crippen LogP contribution in [0.3, 0.4) is 0 Å². The summed E-state index contributed by atoms with van der Waals surface area (Å²) in [5.41, 5.74) is 0.864. The van der Waals surface area contributed by atoms with Gasteiger partial charge in [0.2, 0.25) is 5.95 Å². The molecule has 0 unspecified atom stereocenters. The molecular formula is C14H19BrN4. The van der Waals surface area contributed by atoms with E-state index in [0.717, 1.165) is 28.5 Å². The van der Waals surface area contributed by atoms with Crippen molar-refractivity contribution in [2.24, 2.45) is 5.92 Å². The highest BCUT2D eigenvalue weighted by molar-refractivity contribution is 9.10. The van der Waals surface area contributed by atoms with Gasteiger partial charge in [0.1, 0.15) is 0 Å². The highest BCUT2D eigenvalue weighted by atomic mass is 79.9. The summed E-state index contributed by atoms with van der Waals surface area (Å²) >= 11 is 3.49. The normalized spacial score (nSPS) is 16.9. The first-order valence-corrected chi connectivity index (χ1v) is 7.87. The van der Waals surface area contributed by atoms with E-state index < -0.39 is 0 Å². The molecule has 0 aromatic carbocycles. The Bertz CT molecular complexity index is 545. The number of hydrogen-bond donors (Lipinski definition) is 1. The largest absolute Gasteiger partial charge is 0.353 e. The third-order valence-corrected chi connectivity index (χ3v) is 4.49. The summed E-state index contributed by atoms with van der Waals surface area (Å²) < 4.78 is 2.77. The molecule has 2 aromatic rings. The van der Waals surface area contributed by atoms with Crippen LogP contribution in [0.2, 0.25) is 0 Å². The molecule has 5 heteroatoms. The number of rotatable bonds is 4. The van der Waals surface area contributed by atoms with Gasteiger partial charge in [0.25, 0.3) is 0 Å². The molecule has 1 aliphatic rings. The van der Waals surface area contributed by atoms with Crippen molar-refractivity contribution in [3.05, 3.63) is 22.8 Å². The fraction of sp³-hybridized carbons (Fsp3) is 0.571. The van der Waals surface area contributed by atoms with Crippen molar-refractivity contribution >= 4 is 27.5 Å². The van der Waals surface area contributed by atoms with Crippen molar-refractivity contribution in [2.75, 3.05) is 11.9 Å². The molecule has 0 saturated heterocycles. The maximum atomic E-state index is 4.49. The van der Waals surface area contributed by atoms with Crippen molar-refractivity contribution < 1.29 is 0 Å². The van der Waals surface area contributed by atoms with Gasteiger partial charge >= 0.3 is 0 Å². The van der Waals surface area contributed by atoms with Crippen LogP contribution in [0, 0.1) is 5.92 Å². The number of nitrogens with one attached hydrogen (secondary N) is 1. The van der Waals surface area contributed by atoms with Gasteiger partial charge in [0.05, 0.1) is 4.47 Å². The minimum atomic E-state index is 0.725. The molecule has 0 bridgehead atoms. The lowest BCUT2D eigenvalue weighted by molar-refractivity contribution is 0.345. The monoisotopic (exact) mass is 322 g/mol. The van der Waals surface area contributed by atoms with Crippen LogP contribution in [0.1, 0.15) is 38.5 Å². The van der Waals surface area contributed by atoms with E-state index in [1.807, 2.05) is 18.3 Å². The summed E-state index contributed by atoms with van der Waals surface area (Å²) in [4.78, 5) is 4.49. The number of aromatic nitrogens is 3. The average Bonchev–Trinajstić information content (AvgIpc) is 2.84. The third-order valence-electron chi connectivity index (χ3n) is 3.88. The van der Waals surface area contributed by atoms with Crippen molar-refractivity contribution in [1.82, 2.24) is 14.6 Å². The zero-order valence-electron chi connectivity index (χ0n) is 11.0. The first kappa shape index (κ1) is 12.9. The predicted octanol–water partition coefficient (Wildman–Crippen LogP) is 3.87. The Hall–Kier alpha value is -1.10. The molecule has 0 atom stereocenters. The van der Waals surface area contributed by atoms with E-state index in [4.69, 9.17) is 0 Å². The van der Waals surface area contributed by atoms with Crippen LogP contribution in [0.25, 0.3) is 5.65 Å². The second kappa shape index (κ2) is 5.90. The standard InChI is InChI=1S/C14H19BrN4/c15-12-7-4-10-19-13(12)17-14(18-19)16-9-8-11-5-2-1-3-6-11/h4,7,10-11H,1-3,5-6,8-9H2,(H,16,18). The summed E-state index contributed by atoms with van der Waals surface area (Å²) in [5, 5.41) is 7.77. The van der Waals surface area contributed by atoms with Crippen LogP contribution in [0.5, 0.6) is 0 Å². The molecule has 0 aliphatic heterocycles. The second-order valence-electron chi connectivity index (χ2n) is 5.28. The summed E-state index contributed by atoms with van der Waals surface area (Å²) in [5.74, 6) is 1.62. The van der Waals surface area contributed by atoms with Crippen LogP contribution in [-0.2, 0) is 0 Å². The first-order chi connectivity index (χ1) is 9.33. The van der Waals surface area contributed by atoms with Gasteiger partial charge in [-0.15, -0.1) is 5.10 Å². The fourth-order valence-corrected chi connectivity index (χ4v) is 3.24. The second-order valence-corrected chi connectivity index (χ2v) is 6.13. The van der Waals surface area contributed by atoms with Crippen LogP contribution in [0.4, 0.5) is 5.95 Å². The van der Waals surface area contributed by atoms with Gasteiger partial charge in [-0.3, -0.25) is 0 Å². The van der Waals surface area contributed by atoms with E-state index in [0.29, 0.717) is 0 Å². The number of halogens is 1. The Morgan fingerprint density at radius 1 is 1.32 bits per heavy atom. The van der Waals surface area contributed by atoms with Crippen molar-refractivity contribution in [1.29, 1.82) is 0 Å². The van der Waals surface area contributed by atoms with Gasteiger partial charge < -0.3 is 5.32 Å². The molecule has 1 fully saturated rings. The van der Waals surface area contributed by atoms with Crippen molar-refractivity contribution in [3.63, 3.8) is 0 Å². The SMILES string of the molecule is Brc1cccn2nc(NCCC3CCCCC3)nc12. The van der Waals surface area contributed by atoms with E-state index in [9.17, 15) is 0 Å². The van der Waals surface area contributed by atoms with E-state index in [1.54, 1.807) is 4.52 Å². The van der Waals surface area contributed by atoms with Gasteiger partial charge in [0.15, 0.2) is 5.65 Å². The minimum absolute atomic E-state index is 0.725. The minimum Gasteiger partial charge on any atom is -0.353 e. The lowest BCUT2D eigenvalue weighted by Gasteiger charge is -2.21. The third kappa shape index (κ3) is 3.08. The highest BCUT2D eigenvalue weighted by Gasteiger charge is 2.13. The number of hydrogen-bond acceptors (Lipinski definition) is 3. The molecule has 0 spiro atoms. The molecule has 0 radical (unpaired) electrons. The number of nitrogens with zero attached hydrogens (tertiary/aromatic N) is 3. The topological polar surface area (TPSA) is 42.2 Å². The first-order valence-electron chi connectivity index (χ1n) is 7.08. The predicted molar refractivity (Wildman–Crippen MR) is 80.4 cm³/mol.